The molecule has 1 N–H and O–H groups in total. The van der Waals surface area contributed by atoms with Crippen LogP contribution in [0.3, 0.4) is 0 Å². The molecule has 0 radical (unpaired) electrons. The van der Waals surface area contributed by atoms with Gasteiger partial charge in [0.05, 0.1) is 0 Å². The summed E-state index contributed by atoms with van der Waals surface area (Å²) in [5.41, 5.74) is 0.492. The second kappa shape index (κ2) is 6.77. The number of hydrogen-bond acceptors (Lipinski definition) is 2. The highest BCUT2D eigenvalue weighted by atomic mass is 16.1. The maximum atomic E-state index is 11.6. The van der Waals surface area contributed by atoms with Crippen LogP contribution in [-0.4, -0.2) is 41.1 Å². The molecular formula is C18H30N4O. The molecule has 1 aliphatic heterocycles. The number of hydrogen-bond donors (Lipinski definition) is 1. The largest absolute Gasteiger partial charge is 0.356 e. The molecule has 0 aliphatic carbocycles. The van der Waals surface area contributed by atoms with Crippen LogP contribution in [0, 0.1) is 5.41 Å². The minimum Gasteiger partial charge on any atom is -0.356 e. The Kier molecular flexibility index (Phi) is 5.17. The monoisotopic (exact) mass is 318 g/mol. The Labute approximate surface area is 139 Å². The van der Waals surface area contributed by atoms with Crippen molar-refractivity contribution in [3.8, 4) is 0 Å². The number of nitrogens with zero attached hydrogens (tertiary/aromatic N) is 3. The highest BCUT2D eigenvalue weighted by Crippen LogP contribution is 2.46. The molecule has 1 aromatic heterocycles. The lowest BCUT2D eigenvalue weighted by atomic mass is 9.65. The number of nitrogens with one attached hydrogen (secondary N) is 1. The van der Waals surface area contributed by atoms with Gasteiger partial charge < -0.3 is 14.8 Å². The summed E-state index contributed by atoms with van der Waals surface area (Å²) in [6.07, 6.45) is 3.83. The van der Waals surface area contributed by atoms with E-state index in [1.807, 2.05) is 19.3 Å². The van der Waals surface area contributed by atoms with Crippen LogP contribution in [0.15, 0.2) is 34.2 Å². The second-order valence-electron chi connectivity index (χ2n) is 7.44. The van der Waals surface area contributed by atoms with Crippen LogP contribution in [0.1, 0.15) is 40.5 Å². The Morgan fingerprint density at radius 3 is 2.57 bits per heavy atom. The van der Waals surface area contributed by atoms with Gasteiger partial charge in [-0.1, -0.05) is 19.9 Å². The topological polar surface area (TPSA) is 49.6 Å². The molecule has 5 nitrogen and oxygen atoms in total. The molecule has 0 bridgehead atoms. The fourth-order valence-corrected chi connectivity index (χ4v) is 2.95. The smallest absolute Gasteiger partial charge is 0.250 e. The molecular weight excluding hydrogens is 288 g/mol. The number of aromatic nitrogens is 1. The average molecular weight is 318 g/mol. The maximum Gasteiger partial charge on any atom is 0.250 e. The number of guanidine groups is 1. The van der Waals surface area contributed by atoms with Crippen LogP contribution in [0.25, 0.3) is 0 Å². The van der Waals surface area contributed by atoms with Crippen molar-refractivity contribution in [3.63, 3.8) is 0 Å². The first-order valence-electron chi connectivity index (χ1n) is 8.43. The highest BCUT2D eigenvalue weighted by Gasteiger charge is 2.53. The summed E-state index contributed by atoms with van der Waals surface area (Å²) in [5.74, 6) is 0.978. The van der Waals surface area contributed by atoms with Crippen molar-refractivity contribution in [1.29, 1.82) is 0 Å². The zero-order valence-electron chi connectivity index (χ0n) is 15.1. The molecule has 128 valence electrons. The molecule has 0 atom stereocenters. The zero-order valence-corrected chi connectivity index (χ0v) is 15.1. The van der Waals surface area contributed by atoms with Crippen molar-refractivity contribution in [2.24, 2.45) is 10.4 Å². The normalized spacial score (nSPS) is 19.3. The van der Waals surface area contributed by atoms with Crippen molar-refractivity contribution in [1.82, 2.24) is 14.8 Å². The van der Waals surface area contributed by atoms with Gasteiger partial charge >= 0.3 is 0 Å². The molecule has 1 fully saturated rings. The highest BCUT2D eigenvalue weighted by molar-refractivity contribution is 5.81. The predicted molar refractivity (Wildman–Crippen MR) is 95.9 cm³/mol. The average Bonchev–Trinajstić information content (AvgIpc) is 2.51. The molecule has 0 spiro atoms. The number of aryl methyl sites for hydroxylation is 1. The fraction of sp³-hybridized carbons (Fsp3) is 0.667. The Balaban J connectivity index is 1.76. The van der Waals surface area contributed by atoms with Crippen LogP contribution in [0.2, 0.25) is 0 Å². The molecule has 2 heterocycles. The van der Waals surface area contributed by atoms with Crippen LogP contribution in [-0.2, 0) is 6.54 Å². The molecule has 1 saturated heterocycles. The van der Waals surface area contributed by atoms with Crippen molar-refractivity contribution >= 4 is 5.96 Å². The Bertz CT molecular complexity index is 615. The summed E-state index contributed by atoms with van der Waals surface area (Å²) in [5, 5.41) is 3.45. The third kappa shape index (κ3) is 3.59. The summed E-state index contributed by atoms with van der Waals surface area (Å²) >= 11 is 0. The van der Waals surface area contributed by atoms with Gasteiger partial charge in [-0.3, -0.25) is 9.79 Å². The van der Waals surface area contributed by atoms with Gasteiger partial charge in [-0.25, -0.2) is 0 Å². The van der Waals surface area contributed by atoms with Crippen LogP contribution in [0.5, 0.6) is 0 Å². The molecule has 1 aromatic rings. The zero-order chi connectivity index (χ0) is 17.1. The van der Waals surface area contributed by atoms with E-state index in [-0.39, 0.29) is 11.1 Å². The van der Waals surface area contributed by atoms with Gasteiger partial charge in [0.2, 0.25) is 5.56 Å². The first-order valence-corrected chi connectivity index (χ1v) is 8.43. The minimum absolute atomic E-state index is 0.0702. The quantitative estimate of drug-likeness (QED) is 0.515. The van der Waals surface area contributed by atoms with E-state index < -0.39 is 0 Å². The summed E-state index contributed by atoms with van der Waals surface area (Å²) < 4.78 is 1.76. The van der Waals surface area contributed by atoms with Crippen LogP contribution in [0.4, 0.5) is 0 Å². The van der Waals surface area contributed by atoms with E-state index in [2.05, 4.69) is 42.9 Å². The van der Waals surface area contributed by atoms with E-state index >= 15 is 0 Å². The SMILES string of the molecule is CN=C(NCCCCn1ccccc1=O)N1CC(C)(C)C1(C)C. The molecule has 0 aromatic carbocycles. The van der Waals surface area contributed by atoms with E-state index in [4.69, 9.17) is 0 Å². The number of likely N-dealkylation sites (tertiary alicyclic amines) is 1. The first-order chi connectivity index (χ1) is 10.8. The van der Waals surface area contributed by atoms with E-state index in [9.17, 15) is 4.79 Å². The summed E-state index contributed by atoms with van der Waals surface area (Å²) in [7, 11) is 1.84. The van der Waals surface area contributed by atoms with Gasteiger partial charge in [0.25, 0.3) is 0 Å². The molecule has 5 heteroatoms. The van der Waals surface area contributed by atoms with Crippen molar-refractivity contribution < 1.29 is 0 Å². The molecule has 1 aliphatic rings. The molecule has 2 rings (SSSR count). The van der Waals surface area contributed by atoms with Crippen molar-refractivity contribution in [2.45, 2.75) is 52.6 Å². The summed E-state index contributed by atoms with van der Waals surface area (Å²) in [6.45, 7) is 11.8. The summed E-state index contributed by atoms with van der Waals surface area (Å²) in [6, 6.07) is 5.28. The molecule has 0 amide bonds. The Morgan fingerprint density at radius 1 is 1.26 bits per heavy atom. The van der Waals surface area contributed by atoms with Crippen molar-refractivity contribution in [3.05, 3.63) is 34.7 Å². The van der Waals surface area contributed by atoms with Crippen molar-refractivity contribution in [2.75, 3.05) is 20.1 Å². The number of rotatable bonds is 5. The van der Waals surface area contributed by atoms with E-state index in [0.717, 1.165) is 38.4 Å². The Hall–Kier alpha value is -1.78. The van der Waals surface area contributed by atoms with Gasteiger partial charge in [-0.2, -0.15) is 0 Å². The van der Waals surface area contributed by atoms with E-state index in [0.29, 0.717) is 5.41 Å². The maximum absolute atomic E-state index is 11.6. The van der Waals surface area contributed by atoms with Crippen LogP contribution >= 0.6 is 0 Å². The fourth-order valence-electron chi connectivity index (χ4n) is 2.95. The van der Waals surface area contributed by atoms with E-state index in [1.165, 1.54) is 0 Å². The predicted octanol–water partition coefficient (Wildman–Crippen LogP) is 2.32. The molecule has 0 unspecified atom stereocenters. The lowest BCUT2D eigenvalue weighted by Crippen LogP contribution is -2.72. The second-order valence-corrected chi connectivity index (χ2v) is 7.44. The minimum atomic E-state index is 0.0702. The first kappa shape index (κ1) is 17.6. The van der Waals surface area contributed by atoms with Gasteiger partial charge in [-0.15, -0.1) is 0 Å². The number of aliphatic imine (C=N–C) groups is 1. The summed E-state index contributed by atoms with van der Waals surface area (Å²) in [4.78, 5) is 18.4. The number of pyridine rings is 1. The third-order valence-corrected chi connectivity index (χ3v) is 5.36. The van der Waals surface area contributed by atoms with Crippen LogP contribution < -0.4 is 10.9 Å². The molecule has 23 heavy (non-hydrogen) atoms. The lowest BCUT2D eigenvalue weighted by Gasteiger charge is -2.62. The molecule has 0 saturated carbocycles. The third-order valence-electron chi connectivity index (χ3n) is 5.36. The standard InChI is InChI=1S/C18H30N4O/c1-17(2)14-22(18(17,3)4)16(19-5)20-11-7-9-13-21-12-8-6-10-15(21)23/h6,8,10,12H,7,9,11,13-14H2,1-5H3,(H,19,20). The van der Waals surface area contributed by atoms with E-state index in [1.54, 1.807) is 16.7 Å². The number of unbranched alkanes of at least 4 members (excludes halogenated alkanes) is 1. The van der Waals surface area contributed by atoms with Gasteiger partial charge in [0.1, 0.15) is 0 Å². The van der Waals surface area contributed by atoms with Gasteiger partial charge in [0.15, 0.2) is 5.96 Å². The van der Waals surface area contributed by atoms with Gasteiger partial charge in [-0.05, 0) is 32.8 Å². The Morgan fingerprint density at radius 2 is 2.00 bits per heavy atom. The lowest BCUT2D eigenvalue weighted by molar-refractivity contribution is -0.0667. The van der Waals surface area contributed by atoms with Gasteiger partial charge in [0, 0.05) is 49.9 Å².